The smallest absolute Gasteiger partial charge is 0.265 e. The minimum atomic E-state index is -4.06. The van der Waals surface area contributed by atoms with E-state index < -0.39 is 21.7 Å². The second-order valence-corrected chi connectivity index (χ2v) is 7.48. The highest BCUT2D eigenvalue weighted by atomic mass is 32.2. The van der Waals surface area contributed by atoms with Crippen molar-refractivity contribution < 1.29 is 17.5 Å². The average Bonchev–Trinajstić information content (AvgIpc) is 3.22. The molecule has 4 aromatic rings. The standard InChI is InChI=1S/C17H15FN4O3S/c1-9-7-12(18)16(21-17(9)25-2)22-26(23,24)13-8-20-15-11(13)4-3-10-5-6-19-14(10)15/h3-8,19-20H,1-2H3,(H,21,22). The van der Waals surface area contributed by atoms with Crippen LogP contribution in [0.5, 0.6) is 5.88 Å². The van der Waals surface area contributed by atoms with Gasteiger partial charge in [0.1, 0.15) is 4.90 Å². The van der Waals surface area contributed by atoms with E-state index in [9.17, 15) is 12.8 Å². The lowest BCUT2D eigenvalue weighted by Crippen LogP contribution is -2.15. The molecule has 0 unspecified atom stereocenters. The number of hydrogen-bond donors (Lipinski definition) is 3. The van der Waals surface area contributed by atoms with Crippen LogP contribution in [0.15, 0.2) is 41.6 Å². The van der Waals surface area contributed by atoms with Gasteiger partial charge in [0.15, 0.2) is 11.6 Å². The normalized spacial score (nSPS) is 12.0. The zero-order chi connectivity index (χ0) is 18.5. The molecule has 0 aliphatic rings. The van der Waals surface area contributed by atoms with Crippen LogP contribution in [0.4, 0.5) is 10.2 Å². The first-order chi connectivity index (χ1) is 12.4. The summed E-state index contributed by atoms with van der Waals surface area (Å²) in [5.41, 5.74) is 1.92. The third-order valence-electron chi connectivity index (χ3n) is 4.18. The van der Waals surface area contributed by atoms with Crippen molar-refractivity contribution >= 4 is 37.6 Å². The van der Waals surface area contributed by atoms with Gasteiger partial charge in [0.05, 0.1) is 18.1 Å². The fourth-order valence-corrected chi connectivity index (χ4v) is 4.13. The third-order valence-corrected chi connectivity index (χ3v) is 5.55. The summed E-state index contributed by atoms with van der Waals surface area (Å²) in [7, 11) is -2.68. The molecule has 0 aliphatic carbocycles. The molecule has 0 aliphatic heterocycles. The molecule has 4 rings (SSSR count). The van der Waals surface area contributed by atoms with Gasteiger partial charge in [-0.3, -0.25) is 4.72 Å². The largest absolute Gasteiger partial charge is 0.481 e. The van der Waals surface area contributed by atoms with E-state index >= 15 is 0 Å². The van der Waals surface area contributed by atoms with E-state index in [0.717, 1.165) is 10.9 Å². The highest BCUT2D eigenvalue weighted by molar-refractivity contribution is 7.93. The first kappa shape index (κ1) is 16.4. The number of rotatable bonds is 4. The Kier molecular flexibility index (Phi) is 3.62. The maximum Gasteiger partial charge on any atom is 0.265 e. The SMILES string of the molecule is COc1nc(NS(=O)(=O)c2c[nH]c3c2ccc2cc[nH]c23)c(F)cc1C. The quantitative estimate of drug-likeness (QED) is 0.510. The number of anilines is 1. The fourth-order valence-electron chi connectivity index (χ4n) is 2.94. The highest BCUT2D eigenvalue weighted by Crippen LogP contribution is 2.30. The van der Waals surface area contributed by atoms with Crippen LogP contribution in [0.2, 0.25) is 0 Å². The minimum Gasteiger partial charge on any atom is -0.481 e. The number of pyridine rings is 1. The van der Waals surface area contributed by atoms with E-state index in [4.69, 9.17) is 4.74 Å². The molecule has 3 heterocycles. The van der Waals surface area contributed by atoms with E-state index in [0.29, 0.717) is 16.5 Å². The number of hydrogen-bond acceptors (Lipinski definition) is 4. The molecule has 0 saturated carbocycles. The number of halogens is 1. The number of aromatic amines is 2. The lowest BCUT2D eigenvalue weighted by Gasteiger charge is -2.10. The number of fused-ring (bicyclic) bond motifs is 3. The van der Waals surface area contributed by atoms with Crippen LogP contribution in [-0.4, -0.2) is 30.5 Å². The topological polar surface area (TPSA) is 99.9 Å². The maximum absolute atomic E-state index is 14.2. The maximum atomic E-state index is 14.2. The molecule has 3 N–H and O–H groups in total. The van der Waals surface area contributed by atoms with Crippen LogP contribution in [-0.2, 0) is 10.0 Å². The zero-order valence-corrected chi connectivity index (χ0v) is 14.7. The molecule has 134 valence electrons. The summed E-state index contributed by atoms with van der Waals surface area (Å²) in [6.07, 6.45) is 3.14. The monoisotopic (exact) mass is 374 g/mol. The van der Waals surface area contributed by atoms with Crippen molar-refractivity contribution in [2.24, 2.45) is 0 Å². The molecular formula is C17H15FN4O3S. The number of benzene rings is 1. The van der Waals surface area contributed by atoms with Crippen LogP contribution >= 0.6 is 0 Å². The van der Waals surface area contributed by atoms with Gasteiger partial charge < -0.3 is 14.7 Å². The molecule has 0 fully saturated rings. The first-order valence-electron chi connectivity index (χ1n) is 7.72. The summed E-state index contributed by atoms with van der Waals surface area (Å²) >= 11 is 0. The molecule has 9 heteroatoms. The molecule has 0 bridgehead atoms. The number of H-pyrrole nitrogens is 2. The van der Waals surface area contributed by atoms with Crippen LogP contribution < -0.4 is 9.46 Å². The molecule has 0 amide bonds. The molecule has 26 heavy (non-hydrogen) atoms. The van der Waals surface area contributed by atoms with Gasteiger partial charge in [-0.2, -0.15) is 4.98 Å². The van der Waals surface area contributed by atoms with E-state index in [-0.39, 0.29) is 10.8 Å². The van der Waals surface area contributed by atoms with Gasteiger partial charge in [-0.05, 0) is 19.1 Å². The third kappa shape index (κ3) is 2.48. The Morgan fingerprint density at radius 3 is 2.77 bits per heavy atom. The molecule has 3 aromatic heterocycles. The highest BCUT2D eigenvalue weighted by Gasteiger charge is 2.23. The molecule has 0 atom stereocenters. The summed E-state index contributed by atoms with van der Waals surface area (Å²) in [6, 6.07) is 6.58. The van der Waals surface area contributed by atoms with E-state index in [1.54, 1.807) is 19.2 Å². The van der Waals surface area contributed by atoms with Crippen LogP contribution in [0.3, 0.4) is 0 Å². The predicted octanol–water partition coefficient (Wildman–Crippen LogP) is 3.30. The lowest BCUT2D eigenvalue weighted by atomic mass is 10.2. The van der Waals surface area contributed by atoms with E-state index in [1.165, 1.54) is 19.4 Å². The summed E-state index contributed by atoms with van der Waals surface area (Å²) in [5.74, 6) is -1.04. The molecule has 1 aromatic carbocycles. The van der Waals surface area contributed by atoms with Crippen LogP contribution in [0.1, 0.15) is 5.56 Å². The molecule has 7 nitrogen and oxygen atoms in total. The van der Waals surface area contributed by atoms with Crippen molar-refractivity contribution in [2.75, 3.05) is 11.8 Å². The van der Waals surface area contributed by atoms with E-state index in [2.05, 4.69) is 19.7 Å². The van der Waals surface area contributed by atoms with Crippen LogP contribution in [0.25, 0.3) is 21.8 Å². The summed E-state index contributed by atoms with van der Waals surface area (Å²) < 4.78 is 47.0. The predicted molar refractivity (Wildman–Crippen MR) is 96.4 cm³/mol. The molecular weight excluding hydrogens is 359 g/mol. The number of ether oxygens (including phenoxy) is 1. The minimum absolute atomic E-state index is 0.00439. The Labute approximate surface area is 148 Å². The number of sulfonamides is 1. The number of aromatic nitrogens is 3. The summed E-state index contributed by atoms with van der Waals surface area (Å²) in [6.45, 7) is 1.62. The van der Waals surface area contributed by atoms with E-state index in [1.807, 2.05) is 12.1 Å². The van der Waals surface area contributed by atoms with Crippen molar-refractivity contribution in [3.05, 3.63) is 48.0 Å². The Bertz CT molecular complexity index is 1240. The van der Waals surface area contributed by atoms with Crippen molar-refractivity contribution in [3.8, 4) is 5.88 Å². The van der Waals surface area contributed by atoms with Gasteiger partial charge in [0.2, 0.25) is 5.88 Å². The zero-order valence-electron chi connectivity index (χ0n) is 13.9. The molecule has 0 radical (unpaired) electrons. The Hall–Kier alpha value is -3.07. The fraction of sp³-hybridized carbons (Fsp3) is 0.118. The number of methoxy groups -OCH3 is 1. The lowest BCUT2D eigenvalue weighted by molar-refractivity contribution is 0.393. The van der Waals surface area contributed by atoms with Gasteiger partial charge >= 0.3 is 0 Å². The Morgan fingerprint density at radius 1 is 1.19 bits per heavy atom. The van der Waals surface area contributed by atoms with Gasteiger partial charge in [-0.1, -0.05) is 12.1 Å². The Morgan fingerprint density at radius 2 is 2.00 bits per heavy atom. The summed E-state index contributed by atoms with van der Waals surface area (Å²) in [5, 5.41) is 1.44. The molecule has 0 saturated heterocycles. The van der Waals surface area contributed by atoms with Crippen molar-refractivity contribution in [2.45, 2.75) is 11.8 Å². The van der Waals surface area contributed by atoms with Gasteiger partial charge in [0, 0.05) is 28.7 Å². The summed E-state index contributed by atoms with van der Waals surface area (Å²) in [4.78, 5) is 9.95. The van der Waals surface area contributed by atoms with Crippen molar-refractivity contribution in [1.82, 2.24) is 15.0 Å². The molecule has 0 spiro atoms. The second kappa shape index (κ2) is 5.73. The number of aryl methyl sites for hydroxylation is 1. The van der Waals surface area contributed by atoms with Crippen molar-refractivity contribution in [1.29, 1.82) is 0 Å². The Balaban J connectivity index is 1.81. The van der Waals surface area contributed by atoms with Gasteiger partial charge in [-0.15, -0.1) is 0 Å². The number of nitrogens with one attached hydrogen (secondary N) is 3. The first-order valence-corrected chi connectivity index (χ1v) is 9.20. The van der Waals surface area contributed by atoms with Gasteiger partial charge in [-0.25, -0.2) is 12.8 Å². The number of nitrogens with zero attached hydrogens (tertiary/aromatic N) is 1. The van der Waals surface area contributed by atoms with Crippen LogP contribution in [0, 0.1) is 12.7 Å². The van der Waals surface area contributed by atoms with Gasteiger partial charge in [0.25, 0.3) is 10.0 Å². The van der Waals surface area contributed by atoms with Crippen molar-refractivity contribution in [3.63, 3.8) is 0 Å². The average molecular weight is 374 g/mol. The second-order valence-electron chi connectivity index (χ2n) is 5.83.